The van der Waals surface area contributed by atoms with E-state index in [0.717, 1.165) is 43.7 Å². The largest absolute Gasteiger partial charge is 0.467 e. The molecule has 2 aromatic heterocycles. The molecule has 1 saturated carbocycles. The average Bonchev–Trinajstić information content (AvgIpc) is 3.13. The van der Waals surface area contributed by atoms with Crippen LogP contribution in [0, 0.1) is 0 Å². The van der Waals surface area contributed by atoms with Gasteiger partial charge in [-0.25, -0.2) is 9.78 Å². The van der Waals surface area contributed by atoms with Crippen LogP contribution in [0.4, 0.5) is 4.79 Å². The molecule has 2 aliphatic rings. The van der Waals surface area contributed by atoms with E-state index in [1.165, 1.54) is 18.7 Å². The molecular weight excluding hydrogens is 316 g/mol. The van der Waals surface area contributed by atoms with Crippen molar-refractivity contribution in [1.82, 2.24) is 19.8 Å². The zero-order valence-electron chi connectivity index (χ0n) is 14.8. The van der Waals surface area contributed by atoms with Gasteiger partial charge in [0.15, 0.2) is 0 Å². The number of aromatic nitrogens is 2. The molecule has 25 heavy (non-hydrogen) atoms. The normalized spacial score (nSPS) is 17.8. The molecule has 2 aromatic rings. The fourth-order valence-electron chi connectivity index (χ4n) is 3.66. The van der Waals surface area contributed by atoms with Gasteiger partial charge in [0, 0.05) is 38.2 Å². The van der Waals surface area contributed by atoms with Crippen molar-refractivity contribution in [3.63, 3.8) is 0 Å². The minimum absolute atomic E-state index is 0.00428. The van der Waals surface area contributed by atoms with Gasteiger partial charge in [-0.2, -0.15) is 0 Å². The third kappa shape index (κ3) is 3.57. The van der Waals surface area contributed by atoms with Gasteiger partial charge in [-0.1, -0.05) is 0 Å². The smallest absolute Gasteiger partial charge is 0.318 e. The topological polar surface area (TPSA) is 63.3 Å². The maximum atomic E-state index is 12.7. The summed E-state index contributed by atoms with van der Waals surface area (Å²) in [5, 5.41) is 3.07. The van der Waals surface area contributed by atoms with E-state index in [9.17, 15) is 4.79 Å². The van der Waals surface area contributed by atoms with Crippen molar-refractivity contribution >= 4 is 6.03 Å². The van der Waals surface area contributed by atoms with E-state index in [1.54, 1.807) is 6.26 Å². The molecule has 1 aliphatic carbocycles. The lowest BCUT2D eigenvalue weighted by Crippen LogP contribution is -2.43. The van der Waals surface area contributed by atoms with Gasteiger partial charge in [-0.05, 0) is 44.7 Å². The van der Waals surface area contributed by atoms with Crippen molar-refractivity contribution in [3.05, 3.63) is 41.9 Å². The van der Waals surface area contributed by atoms with E-state index in [2.05, 4.69) is 16.1 Å². The summed E-state index contributed by atoms with van der Waals surface area (Å²) < 4.78 is 7.75. The van der Waals surface area contributed by atoms with Crippen LogP contribution in [0.25, 0.3) is 0 Å². The average molecular weight is 342 g/mol. The summed E-state index contributed by atoms with van der Waals surface area (Å²) in [7, 11) is 0. The van der Waals surface area contributed by atoms with Gasteiger partial charge in [0.05, 0.1) is 18.0 Å². The molecule has 6 heteroatoms. The summed E-state index contributed by atoms with van der Waals surface area (Å²) in [6, 6.07) is 4.09. The number of carbonyl (C=O) groups is 1. The molecule has 1 aliphatic heterocycles. The number of hydrogen-bond donors (Lipinski definition) is 1. The lowest BCUT2D eigenvalue weighted by atomic mass is 10.2. The zero-order valence-corrected chi connectivity index (χ0v) is 14.8. The molecule has 0 aromatic carbocycles. The van der Waals surface area contributed by atoms with E-state index in [4.69, 9.17) is 9.40 Å². The van der Waals surface area contributed by atoms with Crippen molar-refractivity contribution in [2.75, 3.05) is 6.54 Å². The maximum Gasteiger partial charge on any atom is 0.318 e. The first kappa shape index (κ1) is 16.2. The maximum absolute atomic E-state index is 12.7. The summed E-state index contributed by atoms with van der Waals surface area (Å²) in [5.41, 5.74) is 1.08. The number of furan rings is 1. The van der Waals surface area contributed by atoms with Crippen molar-refractivity contribution in [2.24, 2.45) is 0 Å². The number of imidazole rings is 1. The molecule has 0 radical (unpaired) electrons. The Kier molecular flexibility index (Phi) is 4.51. The molecule has 4 rings (SSSR count). The number of aryl methyl sites for hydroxylation is 2. The Morgan fingerprint density at radius 2 is 2.36 bits per heavy atom. The highest BCUT2D eigenvalue weighted by Crippen LogP contribution is 2.34. The van der Waals surface area contributed by atoms with Crippen LogP contribution in [0.1, 0.15) is 55.9 Å². The Morgan fingerprint density at radius 1 is 1.48 bits per heavy atom. The van der Waals surface area contributed by atoms with E-state index >= 15 is 0 Å². The van der Waals surface area contributed by atoms with Crippen LogP contribution in [0.2, 0.25) is 0 Å². The predicted octanol–water partition coefficient (Wildman–Crippen LogP) is 3.29. The molecule has 0 spiro atoms. The molecule has 6 nitrogen and oxygen atoms in total. The third-order valence-electron chi connectivity index (χ3n) is 5.16. The van der Waals surface area contributed by atoms with Crippen LogP contribution < -0.4 is 5.32 Å². The predicted molar refractivity (Wildman–Crippen MR) is 94.3 cm³/mol. The second-order valence-electron chi connectivity index (χ2n) is 7.11. The van der Waals surface area contributed by atoms with Gasteiger partial charge in [0.1, 0.15) is 11.6 Å². The van der Waals surface area contributed by atoms with Gasteiger partial charge in [-0.15, -0.1) is 0 Å². The highest BCUT2D eigenvalue weighted by Gasteiger charge is 2.37. The van der Waals surface area contributed by atoms with Crippen LogP contribution in [0.3, 0.4) is 0 Å². The van der Waals surface area contributed by atoms with Gasteiger partial charge in [0.2, 0.25) is 0 Å². The Balaban J connectivity index is 1.33. The Labute approximate surface area is 148 Å². The first-order valence-corrected chi connectivity index (χ1v) is 9.37. The fourth-order valence-corrected chi connectivity index (χ4v) is 3.66. The number of fused-ring (bicyclic) bond motifs is 1. The summed E-state index contributed by atoms with van der Waals surface area (Å²) in [4.78, 5) is 19.3. The minimum atomic E-state index is -0.0394. The molecule has 0 unspecified atom stereocenters. The third-order valence-corrected chi connectivity index (χ3v) is 5.16. The quantitative estimate of drug-likeness (QED) is 0.876. The van der Waals surface area contributed by atoms with Crippen molar-refractivity contribution < 1.29 is 9.21 Å². The summed E-state index contributed by atoms with van der Waals surface area (Å²) in [6.07, 6.45) is 10.3. The molecule has 1 N–H and O–H groups in total. The molecule has 3 heterocycles. The van der Waals surface area contributed by atoms with Crippen molar-refractivity contribution in [3.8, 4) is 0 Å². The van der Waals surface area contributed by atoms with Crippen LogP contribution in [-0.4, -0.2) is 33.1 Å². The molecule has 1 fully saturated rings. The molecule has 1 atom stereocenters. The number of hydrogen-bond acceptors (Lipinski definition) is 3. The van der Waals surface area contributed by atoms with Crippen LogP contribution >= 0.6 is 0 Å². The number of nitrogens with one attached hydrogen (secondary N) is 1. The number of nitrogens with zero attached hydrogens (tertiary/aromatic N) is 3. The number of rotatable bonds is 6. The summed E-state index contributed by atoms with van der Waals surface area (Å²) in [5.74, 6) is 2.03. The highest BCUT2D eigenvalue weighted by molar-refractivity contribution is 5.75. The second-order valence-corrected chi connectivity index (χ2v) is 7.11. The van der Waals surface area contributed by atoms with Crippen LogP contribution in [-0.2, 0) is 19.4 Å². The van der Waals surface area contributed by atoms with Gasteiger partial charge < -0.3 is 19.2 Å². The summed E-state index contributed by atoms with van der Waals surface area (Å²) >= 11 is 0. The molecule has 0 bridgehead atoms. The standard InChI is InChI=1S/C19H26N4O2/c1-14(17-5-4-12-25-17)23(16-7-8-16)19(24)20-10-9-15-13-22-11-3-2-6-18(22)21-15/h4-5,12-14,16H,2-3,6-11H2,1H3,(H,20,24)/t14-/m0/s1. The first-order valence-electron chi connectivity index (χ1n) is 9.37. The van der Waals surface area contributed by atoms with Crippen LogP contribution in [0.5, 0.6) is 0 Å². The monoisotopic (exact) mass is 342 g/mol. The molecular formula is C19H26N4O2. The lowest BCUT2D eigenvalue weighted by molar-refractivity contribution is 0.166. The van der Waals surface area contributed by atoms with E-state index in [-0.39, 0.29) is 12.1 Å². The summed E-state index contributed by atoms with van der Waals surface area (Å²) in [6.45, 7) is 3.72. The van der Waals surface area contributed by atoms with E-state index in [0.29, 0.717) is 12.6 Å². The molecule has 134 valence electrons. The highest BCUT2D eigenvalue weighted by atomic mass is 16.3. The Morgan fingerprint density at radius 3 is 3.08 bits per heavy atom. The number of urea groups is 1. The van der Waals surface area contributed by atoms with Gasteiger partial charge >= 0.3 is 6.03 Å². The Hall–Kier alpha value is -2.24. The minimum Gasteiger partial charge on any atom is -0.467 e. The SMILES string of the molecule is C[C@@H](c1ccco1)N(C(=O)NCCc1cn2c(n1)CCCC2)C1CC1. The first-order chi connectivity index (χ1) is 12.2. The number of amides is 2. The zero-order chi connectivity index (χ0) is 17.2. The molecule has 2 amide bonds. The lowest BCUT2D eigenvalue weighted by Gasteiger charge is -2.28. The van der Waals surface area contributed by atoms with Crippen molar-refractivity contribution in [2.45, 2.75) is 64.1 Å². The Bertz CT molecular complexity index is 694. The second kappa shape index (κ2) is 6.94. The van der Waals surface area contributed by atoms with E-state index < -0.39 is 0 Å². The fraction of sp³-hybridized carbons (Fsp3) is 0.579. The van der Waals surface area contributed by atoms with Gasteiger partial charge in [0.25, 0.3) is 0 Å². The van der Waals surface area contributed by atoms with Crippen molar-refractivity contribution in [1.29, 1.82) is 0 Å². The van der Waals surface area contributed by atoms with Gasteiger partial charge in [-0.3, -0.25) is 0 Å². The number of carbonyl (C=O) groups excluding carboxylic acids is 1. The van der Waals surface area contributed by atoms with E-state index in [1.807, 2.05) is 24.0 Å². The van der Waals surface area contributed by atoms with Crippen LogP contribution in [0.15, 0.2) is 29.0 Å². The molecule has 0 saturated heterocycles.